The molecule has 0 aromatic rings. The van der Waals surface area contributed by atoms with Crippen LogP contribution in [0.15, 0.2) is 0 Å². The van der Waals surface area contributed by atoms with Crippen LogP contribution < -0.4 is 10.0 Å². The maximum Gasteiger partial charge on any atom is 0.317 e. The van der Waals surface area contributed by atoms with Crippen LogP contribution in [0.5, 0.6) is 0 Å². The molecule has 0 aromatic carbocycles. The number of amides is 2. The van der Waals surface area contributed by atoms with Gasteiger partial charge in [0, 0.05) is 25.7 Å². The number of urea groups is 1. The smallest absolute Gasteiger partial charge is 0.317 e. The summed E-state index contributed by atoms with van der Waals surface area (Å²) in [6.07, 6.45) is 4.88. The molecule has 1 rings (SSSR count). The molecular weight excluding hydrogens is 254 g/mol. The molecular formula is C11H23N3O3S. The van der Waals surface area contributed by atoms with Crippen molar-refractivity contribution < 1.29 is 13.2 Å². The Balaban J connectivity index is 2.47. The van der Waals surface area contributed by atoms with Gasteiger partial charge >= 0.3 is 6.03 Å². The summed E-state index contributed by atoms with van der Waals surface area (Å²) in [6, 6.07) is 0.0982. The van der Waals surface area contributed by atoms with Gasteiger partial charge in [-0.05, 0) is 32.6 Å². The molecule has 18 heavy (non-hydrogen) atoms. The Kier molecular flexibility index (Phi) is 5.87. The maximum atomic E-state index is 11.8. The van der Waals surface area contributed by atoms with E-state index in [2.05, 4.69) is 10.0 Å². The van der Waals surface area contributed by atoms with Gasteiger partial charge in [-0.2, -0.15) is 0 Å². The van der Waals surface area contributed by atoms with Gasteiger partial charge in [-0.25, -0.2) is 17.9 Å². The molecule has 0 spiro atoms. The van der Waals surface area contributed by atoms with Crippen molar-refractivity contribution in [1.29, 1.82) is 0 Å². The number of rotatable bonds is 5. The standard InChI is InChI=1S/C11H23N3O3S/c1-3-12-11(15)14-9-5-4-6-10(14)7-8-13-18(2,16)17/h10,13H,3-9H2,1-2H3,(H,12,15)/t10-/m1/s1. The minimum Gasteiger partial charge on any atom is -0.338 e. The Bertz CT molecular complexity index is 370. The molecule has 2 amide bonds. The molecule has 0 saturated carbocycles. The van der Waals surface area contributed by atoms with Gasteiger partial charge in [0.15, 0.2) is 0 Å². The number of nitrogens with one attached hydrogen (secondary N) is 2. The fourth-order valence-electron chi connectivity index (χ4n) is 2.23. The Morgan fingerprint density at radius 1 is 1.39 bits per heavy atom. The Labute approximate surface area is 109 Å². The lowest BCUT2D eigenvalue weighted by Crippen LogP contribution is -2.49. The van der Waals surface area contributed by atoms with Crippen LogP contribution in [0.2, 0.25) is 0 Å². The van der Waals surface area contributed by atoms with Gasteiger partial charge in [0.1, 0.15) is 0 Å². The lowest BCUT2D eigenvalue weighted by molar-refractivity contribution is 0.147. The third kappa shape index (κ3) is 5.22. The van der Waals surface area contributed by atoms with E-state index in [0.717, 1.165) is 32.1 Å². The van der Waals surface area contributed by atoms with Crippen LogP contribution in [0.1, 0.15) is 32.6 Å². The number of hydrogen-bond donors (Lipinski definition) is 2. The van der Waals surface area contributed by atoms with E-state index in [1.54, 1.807) is 0 Å². The zero-order valence-corrected chi connectivity index (χ0v) is 11.9. The molecule has 106 valence electrons. The summed E-state index contributed by atoms with van der Waals surface area (Å²) in [4.78, 5) is 13.7. The zero-order chi connectivity index (χ0) is 13.6. The molecule has 6 nitrogen and oxygen atoms in total. The third-order valence-corrected chi connectivity index (χ3v) is 3.79. The highest BCUT2D eigenvalue weighted by atomic mass is 32.2. The minimum absolute atomic E-state index is 0.0402. The number of sulfonamides is 1. The largest absolute Gasteiger partial charge is 0.338 e. The van der Waals surface area contributed by atoms with Crippen molar-refractivity contribution in [2.75, 3.05) is 25.9 Å². The van der Waals surface area contributed by atoms with Crippen LogP contribution >= 0.6 is 0 Å². The van der Waals surface area contributed by atoms with Crippen molar-refractivity contribution in [3.8, 4) is 0 Å². The van der Waals surface area contributed by atoms with E-state index in [-0.39, 0.29) is 12.1 Å². The van der Waals surface area contributed by atoms with E-state index < -0.39 is 10.0 Å². The van der Waals surface area contributed by atoms with Gasteiger partial charge in [-0.15, -0.1) is 0 Å². The summed E-state index contributed by atoms with van der Waals surface area (Å²) in [5.41, 5.74) is 0. The number of hydrogen-bond acceptors (Lipinski definition) is 3. The third-order valence-electron chi connectivity index (χ3n) is 3.06. The molecule has 2 N–H and O–H groups in total. The summed E-state index contributed by atoms with van der Waals surface area (Å²) in [5.74, 6) is 0. The summed E-state index contributed by atoms with van der Waals surface area (Å²) < 4.78 is 24.4. The monoisotopic (exact) mass is 277 g/mol. The van der Waals surface area contributed by atoms with Crippen molar-refractivity contribution in [2.45, 2.75) is 38.6 Å². The van der Waals surface area contributed by atoms with Crippen molar-refractivity contribution in [1.82, 2.24) is 14.9 Å². The summed E-state index contributed by atoms with van der Waals surface area (Å²) in [6.45, 7) is 3.65. The van der Waals surface area contributed by atoms with Gasteiger partial charge in [0.05, 0.1) is 6.26 Å². The molecule has 0 bridgehead atoms. The van der Waals surface area contributed by atoms with E-state index in [9.17, 15) is 13.2 Å². The highest BCUT2D eigenvalue weighted by Gasteiger charge is 2.25. The molecule has 0 unspecified atom stereocenters. The number of carbonyl (C=O) groups is 1. The second-order valence-electron chi connectivity index (χ2n) is 4.63. The van der Waals surface area contributed by atoms with E-state index in [1.807, 2.05) is 11.8 Å². The SMILES string of the molecule is CCNC(=O)N1CCCC[C@@H]1CCNS(C)(=O)=O. The molecule has 0 aliphatic carbocycles. The Morgan fingerprint density at radius 3 is 2.72 bits per heavy atom. The lowest BCUT2D eigenvalue weighted by Gasteiger charge is -2.35. The molecule has 1 heterocycles. The Morgan fingerprint density at radius 2 is 2.11 bits per heavy atom. The number of likely N-dealkylation sites (tertiary alicyclic amines) is 1. The summed E-state index contributed by atoms with van der Waals surface area (Å²) in [7, 11) is -3.14. The van der Waals surface area contributed by atoms with Gasteiger partial charge in [0.2, 0.25) is 10.0 Å². The van der Waals surface area contributed by atoms with Crippen LogP contribution in [0.4, 0.5) is 4.79 Å². The molecule has 1 aliphatic heterocycles. The van der Waals surface area contributed by atoms with Gasteiger partial charge in [-0.3, -0.25) is 0 Å². The highest BCUT2D eigenvalue weighted by molar-refractivity contribution is 7.88. The lowest BCUT2D eigenvalue weighted by atomic mass is 10.00. The van der Waals surface area contributed by atoms with Gasteiger partial charge in [0.25, 0.3) is 0 Å². The number of carbonyl (C=O) groups excluding carboxylic acids is 1. The van der Waals surface area contributed by atoms with Gasteiger partial charge < -0.3 is 10.2 Å². The van der Waals surface area contributed by atoms with E-state index in [4.69, 9.17) is 0 Å². The number of nitrogens with zero attached hydrogens (tertiary/aromatic N) is 1. The fraction of sp³-hybridized carbons (Fsp3) is 0.909. The first kappa shape index (κ1) is 15.2. The molecule has 7 heteroatoms. The Hall–Kier alpha value is -0.820. The maximum absolute atomic E-state index is 11.8. The van der Waals surface area contributed by atoms with Crippen molar-refractivity contribution in [3.63, 3.8) is 0 Å². The predicted molar refractivity (Wildman–Crippen MR) is 70.9 cm³/mol. The average Bonchev–Trinajstić information content (AvgIpc) is 2.28. The topological polar surface area (TPSA) is 78.5 Å². The van der Waals surface area contributed by atoms with Crippen LogP contribution in [0.25, 0.3) is 0 Å². The first-order valence-electron chi connectivity index (χ1n) is 6.43. The first-order chi connectivity index (χ1) is 8.44. The molecule has 1 aliphatic rings. The molecule has 0 radical (unpaired) electrons. The van der Waals surface area contributed by atoms with Crippen molar-refractivity contribution >= 4 is 16.1 Å². The fourth-order valence-corrected chi connectivity index (χ4v) is 2.72. The summed E-state index contributed by atoms with van der Waals surface area (Å²) >= 11 is 0. The first-order valence-corrected chi connectivity index (χ1v) is 8.32. The van der Waals surface area contributed by atoms with Crippen LogP contribution in [0, 0.1) is 0 Å². The van der Waals surface area contributed by atoms with Crippen LogP contribution in [-0.4, -0.2) is 51.3 Å². The quantitative estimate of drug-likeness (QED) is 0.768. The molecule has 1 fully saturated rings. The van der Waals surface area contributed by atoms with E-state index in [0.29, 0.717) is 19.5 Å². The van der Waals surface area contributed by atoms with Crippen molar-refractivity contribution in [2.24, 2.45) is 0 Å². The molecule has 1 atom stereocenters. The number of piperidine rings is 1. The van der Waals surface area contributed by atoms with E-state index in [1.165, 1.54) is 0 Å². The second-order valence-corrected chi connectivity index (χ2v) is 6.47. The predicted octanol–water partition coefficient (Wildman–Crippen LogP) is 0.510. The van der Waals surface area contributed by atoms with Crippen LogP contribution in [-0.2, 0) is 10.0 Å². The van der Waals surface area contributed by atoms with Gasteiger partial charge in [-0.1, -0.05) is 0 Å². The molecule has 0 aromatic heterocycles. The highest BCUT2D eigenvalue weighted by Crippen LogP contribution is 2.19. The summed E-state index contributed by atoms with van der Waals surface area (Å²) in [5, 5.41) is 2.80. The van der Waals surface area contributed by atoms with Crippen molar-refractivity contribution in [3.05, 3.63) is 0 Å². The normalized spacial score (nSPS) is 20.8. The average molecular weight is 277 g/mol. The minimum atomic E-state index is -3.14. The zero-order valence-electron chi connectivity index (χ0n) is 11.1. The van der Waals surface area contributed by atoms with Crippen LogP contribution in [0.3, 0.4) is 0 Å². The van der Waals surface area contributed by atoms with E-state index >= 15 is 0 Å². The second kappa shape index (κ2) is 6.94. The molecule has 1 saturated heterocycles.